The van der Waals surface area contributed by atoms with Gasteiger partial charge in [0.05, 0.1) is 19.1 Å². The zero-order valence-corrected chi connectivity index (χ0v) is 12.0. The molecule has 1 N–H and O–H groups in total. The SMILES string of the molecule is COC(=O)C(Cn1cnc2c1CCCC2)NC(C)C. The normalized spacial score (nSPS) is 16.2. The summed E-state index contributed by atoms with van der Waals surface area (Å²) in [6, 6.07) is -0.0753. The van der Waals surface area contributed by atoms with Crippen LogP contribution in [0.25, 0.3) is 0 Å². The summed E-state index contributed by atoms with van der Waals surface area (Å²) in [5, 5.41) is 3.25. The molecule has 0 amide bonds. The van der Waals surface area contributed by atoms with Gasteiger partial charge < -0.3 is 14.6 Å². The third-order valence-electron chi connectivity index (χ3n) is 3.51. The molecular formula is C14H23N3O2. The topological polar surface area (TPSA) is 56.2 Å². The number of aryl methyl sites for hydroxylation is 1. The quantitative estimate of drug-likeness (QED) is 0.815. The Morgan fingerprint density at radius 1 is 1.47 bits per heavy atom. The molecule has 0 saturated heterocycles. The second-order valence-electron chi connectivity index (χ2n) is 5.39. The lowest BCUT2D eigenvalue weighted by Gasteiger charge is -2.21. The van der Waals surface area contributed by atoms with E-state index in [0.717, 1.165) is 12.8 Å². The smallest absolute Gasteiger partial charge is 0.324 e. The molecule has 0 aliphatic heterocycles. The Kier molecular flexibility index (Phi) is 4.58. The predicted molar refractivity (Wildman–Crippen MR) is 72.9 cm³/mol. The summed E-state index contributed by atoms with van der Waals surface area (Å²) in [6.07, 6.45) is 6.40. The van der Waals surface area contributed by atoms with Crippen molar-refractivity contribution in [1.82, 2.24) is 14.9 Å². The Hall–Kier alpha value is -1.36. The molecule has 1 unspecified atom stereocenters. The number of fused-ring (bicyclic) bond motifs is 1. The molecule has 0 saturated carbocycles. The molecule has 0 spiro atoms. The number of carbonyl (C=O) groups excluding carboxylic acids is 1. The number of methoxy groups -OCH3 is 1. The second kappa shape index (κ2) is 6.19. The summed E-state index contributed by atoms with van der Waals surface area (Å²) in [6.45, 7) is 4.64. The van der Waals surface area contributed by atoms with Crippen LogP contribution >= 0.6 is 0 Å². The maximum Gasteiger partial charge on any atom is 0.324 e. The number of rotatable bonds is 5. The van der Waals surface area contributed by atoms with E-state index >= 15 is 0 Å². The maximum atomic E-state index is 11.8. The van der Waals surface area contributed by atoms with E-state index in [1.165, 1.54) is 31.3 Å². The van der Waals surface area contributed by atoms with Gasteiger partial charge in [0.15, 0.2) is 0 Å². The zero-order valence-electron chi connectivity index (χ0n) is 12.0. The van der Waals surface area contributed by atoms with Gasteiger partial charge in [0, 0.05) is 18.3 Å². The highest BCUT2D eigenvalue weighted by atomic mass is 16.5. The van der Waals surface area contributed by atoms with Crippen LogP contribution in [0, 0.1) is 0 Å². The first-order valence-corrected chi connectivity index (χ1v) is 6.98. The lowest BCUT2D eigenvalue weighted by molar-refractivity contribution is -0.143. The van der Waals surface area contributed by atoms with Gasteiger partial charge in [-0.05, 0) is 25.7 Å². The van der Waals surface area contributed by atoms with Crippen LogP contribution in [0.5, 0.6) is 0 Å². The molecule has 1 heterocycles. The molecular weight excluding hydrogens is 242 g/mol. The van der Waals surface area contributed by atoms with Crippen molar-refractivity contribution in [1.29, 1.82) is 0 Å². The van der Waals surface area contributed by atoms with Crippen molar-refractivity contribution in [3.8, 4) is 0 Å². The van der Waals surface area contributed by atoms with Crippen molar-refractivity contribution in [2.24, 2.45) is 0 Å². The van der Waals surface area contributed by atoms with Gasteiger partial charge in [-0.2, -0.15) is 0 Å². The Labute approximate surface area is 114 Å². The van der Waals surface area contributed by atoms with Crippen LogP contribution in [0.2, 0.25) is 0 Å². The Morgan fingerprint density at radius 2 is 2.21 bits per heavy atom. The van der Waals surface area contributed by atoms with Gasteiger partial charge in [-0.15, -0.1) is 0 Å². The van der Waals surface area contributed by atoms with E-state index in [1.807, 2.05) is 20.2 Å². The van der Waals surface area contributed by atoms with E-state index in [4.69, 9.17) is 4.74 Å². The van der Waals surface area contributed by atoms with Gasteiger partial charge in [0.25, 0.3) is 0 Å². The predicted octanol–water partition coefficient (Wildman–Crippen LogP) is 1.30. The standard InChI is InChI=1S/C14H23N3O2/c1-10(2)16-12(14(18)19-3)8-17-9-15-11-6-4-5-7-13(11)17/h9-10,12,16H,4-8H2,1-3H3. The van der Waals surface area contributed by atoms with Crippen LogP contribution in [0.4, 0.5) is 0 Å². The minimum Gasteiger partial charge on any atom is -0.468 e. The van der Waals surface area contributed by atoms with E-state index in [9.17, 15) is 4.79 Å². The van der Waals surface area contributed by atoms with Crippen LogP contribution < -0.4 is 5.32 Å². The van der Waals surface area contributed by atoms with Crippen LogP contribution in [-0.4, -0.2) is 34.7 Å². The number of aromatic nitrogens is 2. The van der Waals surface area contributed by atoms with Gasteiger partial charge >= 0.3 is 5.97 Å². The molecule has 2 rings (SSSR count). The first-order chi connectivity index (χ1) is 9.11. The van der Waals surface area contributed by atoms with Crippen LogP contribution in [-0.2, 0) is 28.9 Å². The number of esters is 1. The minimum absolute atomic E-state index is 0.216. The molecule has 1 aliphatic carbocycles. The number of hydrogen-bond acceptors (Lipinski definition) is 4. The summed E-state index contributed by atoms with van der Waals surface area (Å²) in [4.78, 5) is 16.3. The molecule has 0 aromatic carbocycles. The molecule has 0 radical (unpaired) electrons. The fourth-order valence-electron chi connectivity index (χ4n) is 2.62. The van der Waals surface area contributed by atoms with Crippen LogP contribution in [0.15, 0.2) is 6.33 Å². The molecule has 1 aromatic rings. The molecule has 1 atom stereocenters. The van der Waals surface area contributed by atoms with Gasteiger partial charge in [-0.1, -0.05) is 13.8 Å². The number of imidazole rings is 1. The summed E-state index contributed by atoms with van der Waals surface area (Å²) >= 11 is 0. The number of ether oxygens (including phenoxy) is 1. The lowest BCUT2D eigenvalue weighted by atomic mass is 10.0. The Balaban J connectivity index is 2.12. The van der Waals surface area contributed by atoms with Gasteiger partial charge in [0.1, 0.15) is 6.04 Å². The van der Waals surface area contributed by atoms with Gasteiger partial charge in [-0.3, -0.25) is 4.79 Å². The van der Waals surface area contributed by atoms with E-state index in [2.05, 4.69) is 14.9 Å². The fraction of sp³-hybridized carbons (Fsp3) is 0.714. The molecule has 0 bridgehead atoms. The fourth-order valence-corrected chi connectivity index (χ4v) is 2.62. The van der Waals surface area contributed by atoms with E-state index in [-0.39, 0.29) is 18.1 Å². The molecule has 19 heavy (non-hydrogen) atoms. The monoisotopic (exact) mass is 265 g/mol. The van der Waals surface area contributed by atoms with Crippen molar-refractivity contribution in [2.75, 3.05) is 7.11 Å². The van der Waals surface area contributed by atoms with E-state index in [0.29, 0.717) is 6.54 Å². The van der Waals surface area contributed by atoms with E-state index in [1.54, 1.807) is 0 Å². The first kappa shape index (κ1) is 14.1. The van der Waals surface area contributed by atoms with E-state index < -0.39 is 0 Å². The number of nitrogens with zero attached hydrogens (tertiary/aromatic N) is 2. The molecule has 1 aliphatic rings. The number of carbonyl (C=O) groups is 1. The number of hydrogen-bond donors (Lipinski definition) is 1. The third kappa shape index (κ3) is 3.35. The third-order valence-corrected chi connectivity index (χ3v) is 3.51. The van der Waals surface area contributed by atoms with Crippen molar-refractivity contribution in [3.63, 3.8) is 0 Å². The second-order valence-corrected chi connectivity index (χ2v) is 5.39. The van der Waals surface area contributed by atoms with Crippen molar-refractivity contribution in [3.05, 3.63) is 17.7 Å². The molecule has 5 nitrogen and oxygen atoms in total. The maximum absolute atomic E-state index is 11.8. The summed E-state index contributed by atoms with van der Waals surface area (Å²) in [5.41, 5.74) is 2.48. The average Bonchev–Trinajstić information content (AvgIpc) is 2.80. The highest BCUT2D eigenvalue weighted by Crippen LogP contribution is 2.20. The Morgan fingerprint density at radius 3 is 2.89 bits per heavy atom. The summed E-state index contributed by atoms with van der Waals surface area (Å²) in [7, 11) is 1.43. The minimum atomic E-state index is -0.315. The van der Waals surface area contributed by atoms with Crippen LogP contribution in [0.1, 0.15) is 38.1 Å². The average molecular weight is 265 g/mol. The largest absolute Gasteiger partial charge is 0.468 e. The molecule has 5 heteroatoms. The highest BCUT2D eigenvalue weighted by Gasteiger charge is 2.23. The summed E-state index contributed by atoms with van der Waals surface area (Å²) < 4.78 is 6.97. The van der Waals surface area contributed by atoms with Gasteiger partial charge in [0.2, 0.25) is 0 Å². The lowest BCUT2D eigenvalue weighted by Crippen LogP contribution is -2.44. The Bertz CT molecular complexity index is 440. The molecule has 106 valence electrons. The van der Waals surface area contributed by atoms with Gasteiger partial charge in [-0.25, -0.2) is 4.98 Å². The first-order valence-electron chi connectivity index (χ1n) is 6.98. The zero-order chi connectivity index (χ0) is 13.8. The van der Waals surface area contributed by atoms with Crippen molar-refractivity contribution >= 4 is 5.97 Å². The molecule has 1 aromatic heterocycles. The highest BCUT2D eigenvalue weighted by molar-refractivity contribution is 5.75. The summed E-state index contributed by atoms with van der Waals surface area (Å²) in [5.74, 6) is -0.216. The van der Waals surface area contributed by atoms with Crippen molar-refractivity contribution in [2.45, 2.75) is 58.2 Å². The van der Waals surface area contributed by atoms with Crippen molar-refractivity contribution < 1.29 is 9.53 Å². The van der Waals surface area contributed by atoms with Crippen LogP contribution in [0.3, 0.4) is 0 Å². The molecule has 0 fully saturated rings. The number of nitrogens with one attached hydrogen (secondary N) is 1.